The molecule has 6 nitrogen and oxygen atoms in total. The van der Waals surface area contributed by atoms with E-state index in [1.54, 1.807) is 29.2 Å². The summed E-state index contributed by atoms with van der Waals surface area (Å²) in [4.78, 5) is 29.3. The van der Waals surface area contributed by atoms with Gasteiger partial charge in [0.1, 0.15) is 11.8 Å². The van der Waals surface area contributed by atoms with Crippen LogP contribution in [0.4, 0.5) is 0 Å². The molecule has 0 N–H and O–H groups in total. The smallest absolute Gasteiger partial charge is 0.327 e. The zero-order valence-electron chi connectivity index (χ0n) is 16.6. The fraction of sp³-hybridized carbons (Fsp3) is 0.364. The Kier molecular flexibility index (Phi) is 7.12. The molecule has 0 spiro atoms. The number of carbonyl (C=O) groups is 2. The van der Waals surface area contributed by atoms with Crippen LogP contribution in [0.5, 0.6) is 5.75 Å². The number of ether oxygens (including phenoxy) is 2. The molecule has 7 heteroatoms. The first-order chi connectivity index (χ1) is 14.0. The number of benzene rings is 2. The molecule has 1 heterocycles. The number of amides is 1. The van der Waals surface area contributed by atoms with Gasteiger partial charge in [-0.1, -0.05) is 35.9 Å². The standard InChI is InChI=1S/C22H25ClN2O4/c1-3-29-19-7-5-4-6-18(19)21(26)25-14-12-24(13-15-25)20(22(27)28-2)16-8-10-17(23)11-9-16/h4-11,20H,3,12-15H2,1-2H3. The Morgan fingerprint density at radius 3 is 2.31 bits per heavy atom. The van der Waals surface area contributed by atoms with Crippen LogP contribution in [-0.4, -0.2) is 61.6 Å². The monoisotopic (exact) mass is 416 g/mol. The van der Waals surface area contributed by atoms with Crippen molar-refractivity contribution in [3.8, 4) is 5.75 Å². The highest BCUT2D eigenvalue weighted by atomic mass is 35.5. The van der Waals surface area contributed by atoms with Gasteiger partial charge < -0.3 is 14.4 Å². The van der Waals surface area contributed by atoms with Crippen LogP contribution >= 0.6 is 11.6 Å². The molecule has 2 aromatic rings. The average molecular weight is 417 g/mol. The Labute approximate surface area is 176 Å². The van der Waals surface area contributed by atoms with Gasteiger partial charge in [0, 0.05) is 31.2 Å². The van der Waals surface area contributed by atoms with Crippen LogP contribution < -0.4 is 4.74 Å². The Hall–Kier alpha value is -2.57. The SMILES string of the molecule is CCOc1ccccc1C(=O)N1CCN(C(C(=O)OC)c2ccc(Cl)cc2)CC1. The van der Waals surface area contributed by atoms with E-state index in [9.17, 15) is 9.59 Å². The number of piperazine rings is 1. The fourth-order valence-electron chi connectivity index (χ4n) is 3.53. The maximum absolute atomic E-state index is 13.0. The maximum Gasteiger partial charge on any atom is 0.327 e. The van der Waals surface area contributed by atoms with E-state index in [4.69, 9.17) is 21.1 Å². The number of methoxy groups -OCH3 is 1. The molecule has 1 atom stereocenters. The Balaban J connectivity index is 1.72. The van der Waals surface area contributed by atoms with Gasteiger partial charge in [-0.25, -0.2) is 4.79 Å². The maximum atomic E-state index is 13.0. The van der Waals surface area contributed by atoms with Gasteiger partial charge >= 0.3 is 5.97 Å². The molecule has 1 saturated heterocycles. The lowest BCUT2D eigenvalue weighted by Gasteiger charge is -2.38. The van der Waals surface area contributed by atoms with Gasteiger partial charge in [-0.15, -0.1) is 0 Å². The first-order valence-electron chi connectivity index (χ1n) is 9.63. The van der Waals surface area contributed by atoms with Crippen molar-refractivity contribution in [2.45, 2.75) is 13.0 Å². The Morgan fingerprint density at radius 1 is 1.03 bits per heavy atom. The van der Waals surface area contributed by atoms with Crippen molar-refractivity contribution in [1.29, 1.82) is 0 Å². The number of esters is 1. The van der Waals surface area contributed by atoms with Crippen molar-refractivity contribution in [2.24, 2.45) is 0 Å². The van der Waals surface area contributed by atoms with Gasteiger partial charge in [-0.3, -0.25) is 9.69 Å². The van der Waals surface area contributed by atoms with Crippen molar-refractivity contribution in [1.82, 2.24) is 9.80 Å². The minimum Gasteiger partial charge on any atom is -0.493 e. The van der Waals surface area contributed by atoms with Crippen molar-refractivity contribution in [2.75, 3.05) is 39.9 Å². The lowest BCUT2D eigenvalue weighted by Crippen LogP contribution is -2.51. The minimum absolute atomic E-state index is 0.0604. The summed E-state index contributed by atoms with van der Waals surface area (Å²) in [6, 6.07) is 13.9. The number of rotatable bonds is 6. The number of para-hydroxylation sites is 1. The first kappa shape index (κ1) is 21.1. The lowest BCUT2D eigenvalue weighted by molar-refractivity contribution is -0.148. The molecule has 1 fully saturated rings. The molecule has 29 heavy (non-hydrogen) atoms. The largest absolute Gasteiger partial charge is 0.493 e. The number of hydrogen-bond acceptors (Lipinski definition) is 5. The van der Waals surface area contributed by atoms with E-state index in [0.29, 0.717) is 49.1 Å². The highest BCUT2D eigenvalue weighted by Crippen LogP contribution is 2.26. The van der Waals surface area contributed by atoms with Gasteiger partial charge in [0.2, 0.25) is 0 Å². The van der Waals surface area contributed by atoms with E-state index in [1.165, 1.54) is 7.11 Å². The molecule has 1 unspecified atom stereocenters. The third-order valence-electron chi connectivity index (χ3n) is 4.99. The number of halogens is 1. The molecule has 0 saturated carbocycles. The highest BCUT2D eigenvalue weighted by molar-refractivity contribution is 6.30. The predicted molar refractivity (Wildman–Crippen MR) is 111 cm³/mol. The van der Waals surface area contributed by atoms with Crippen LogP contribution in [0.15, 0.2) is 48.5 Å². The van der Waals surface area contributed by atoms with Crippen LogP contribution in [0.25, 0.3) is 0 Å². The topological polar surface area (TPSA) is 59.1 Å². The summed E-state index contributed by atoms with van der Waals surface area (Å²) in [6.07, 6.45) is 0. The van der Waals surface area contributed by atoms with Crippen LogP contribution in [0.1, 0.15) is 28.9 Å². The molecule has 0 bridgehead atoms. The molecule has 0 radical (unpaired) electrons. The normalized spacial score (nSPS) is 15.6. The molecule has 0 aromatic heterocycles. The minimum atomic E-state index is -0.523. The molecular formula is C22H25ClN2O4. The Morgan fingerprint density at radius 2 is 1.69 bits per heavy atom. The van der Waals surface area contributed by atoms with Gasteiger partial charge in [0.15, 0.2) is 0 Å². The molecule has 1 amide bonds. The van der Waals surface area contributed by atoms with Gasteiger partial charge in [0.25, 0.3) is 5.91 Å². The van der Waals surface area contributed by atoms with Crippen molar-refractivity contribution in [3.63, 3.8) is 0 Å². The van der Waals surface area contributed by atoms with E-state index < -0.39 is 6.04 Å². The molecule has 1 aliphatic rings. The van der Waals surface area contributed by atoms with Crippen molar-refractivity contribution in [3.05, 3.63) is 64.7 Å². The van der Waals surface area contributed by atoms with E-state index >= 15 is 0 Å². The zero-order chi connectivity index (χ0) is 20.8. The van der Waals surface area contributed by atoms with E-state index in [-0.39, 0.29) is 11.9 Å². The van der Waals surface area contributed by atoms with Crippen molar-refractivity contribution < 1.29 is 19.1 Å². The van der Waals surface area contributed by atoms with Crippen LogP contribution in [-0.2, 0) is 9.53 Å². The Bertz CT molecular complexity index is 848. The van der Waals surface area contributed by atoms with Crippen LogP contribution in [0, 0.1) is 0 Å². The molecular weight excluding hydrogens is 392 g/mol. The van der Waals surface area contributed by atoms with Crippen LogP contribution in [0.3, 0.4) is 0 Å². The van der Waals surface area contributed by atoms with Crippen LogP contribution in [0.2, 0.25) is 5.02 Å². The first-order valence-corrected chi connectivity index (χ1v) is 10.0. The number of hydrogen-bond donors (Lipinski definition) is 0. The summed E-state index contributed by atoms with van der Waals surface area (Å²) >= 11 is 5.98. The predicted octanol–water partition coefficient (Wildman–Crippen LogP) is 3.41. The summed E-state index contributed by atoms with van der Waals surface area (Å²) in [5, 5.41) is 0.612. The second-order valence-electron chi connectivity index (χ2n) is 6.73. The van der Waals surface area contributed by atoms with Crippen molar-refractivity contribution >= 4 is 23.5 Å². The van der Waals surface area contributed by atoms with Gasteiger partial charge in [0.05, 0.1) is 19.3 Å². The fourth-order valence-corrected chi connectivity index (χ4v) is 3.66. The quantitative estimate of drug-likeness (QED) is 0.675. The zero-order valence-corrected chi connectivity index (χ0v) is 17.4. The van der Waals surface area contributed by atoms with Gasteiger partial charge in [-0.2, -0.15) is 0 Å². The molecule has 3 rings (SSSR count). The lowest BCUT2D eigenvalue weighted by atomic mass is 10.0. The molecule has 1 aliphatic heterocycles. The van der Waals surface area contributed by atoms with E-state index in [0.717, 1.165) is 5.56 Å². The summed E-state index contributed by atoms with van der Waals surface area (Å²) in [6.45, 7) is 4.54. The third-order valence-corrected chi connectivity index (χ3v) is 5.25. The van der Waals surface area contributed by atoms with Gasteiger partial charge in [-0.05, 0) is 36.8 Å². The highest BCUT2D eigenvalue weighted by Gasteiger charge is 2.33. The number of carbonyl (C=O) groups excluding carboxylic acids is 2. The second-order valence-corrected chi connectivity index (χ2v) is 7.17. The average Bonchev–Trinajstić information content (AvgIpc) is 2.76. The molecule has 154 valence electrons. The summed E-state index contributed by atoms with van der Waals surface area (Å²) < 4.78 is 10.6. The summed E-state index contributed by atoms with van der Waals surface area (Å²) in [5.41, 5.74) is 1.38. The molecule has 2 aromatic carbocycles. The van der Waals surface area contributed by atoms with E-state index in [2.05, 4.69) is 0 Å². The molecule has 0 aliphatic carbocycles. The second kappa shape index (κ2) is 9.76. The number of nitrogens with zero attached hydrogens (tertiary/aromatic N) is 2. The van der Waals surface area contributed by atoms with E-state index in [1.807, 2.05) is 36.1 Å². The third kappa shape index (κ3) is 4.89. The summed E-state index contributed by atoms with van der Waals surface area (Å²) in [5.74, 6) is 0.208. The summed E-state index contributed by atoms with van der Waals surface area (Å²) in [7, 11) is 1.38.